The Morgan fingerprint density at radius 1 is 1.21 bits per heavy atom. The molecule has 0 saturated heterocycles. The van der Waals surface area contributed by atoms with E-state index in [0.717, 1.165) is 17.7 Å². The zero-order valence-electron chi connectivity index (χ0n) is 15.8. The molecule has 0 radical (unpaired) electrons. The minimum absolute atomic E-state index is 0.0326. The van der Waals surface area contributed by atoms with Gasteiger partial charge < -0.3 is 10.4 Å². The van der Waals surface area contributed by atoms with Crippen molar-refractivity contribution in [1.29, 1.82) is 0 Å². The molecule has 0 aliphatic heterocycles. The average Bonchev–Trinajstić information content (AvgIpc) is 2.95. The van der Waals surface area contributed by atoms with Crippen LogP contribution in [0, 0.1) is 6.92 Å². The number of aliphatic hydroxyl groups excluding tert-OH is 1. The van der Waals surface area contributed by atoms with Crippen LogP contribution in [-0.2, 0) is 12.0 Å². The molecule has 0 bridgehead atoms. The van der Waals surface area contributed by atoms with Crippen LogP contribution in [-0.4, -0.2) is 21.5 Å². The Hall–Kier alpha value is -1.65. The van der Waals surface area contributed by atoms with Gasteiger partial charge in [-0.25, -0.2) is 0 Å². The molecule has 132 valence electrons. The van der Waals surface area contributed by atoms with Gasteiger partial charge in [-0.1, -0.05) is 31.2 Å². The Morgan fingerprint density at radius 2 is 1.83 bits per heavy atom. The van der Waals surface area contributed by atoms with E-state index >= 15 is 0 Å². The number of hydrogen-bond donors (Lipinski definition) is 2. The molecule has 24 heavy (non-hydrogen) atoms. The maximum absolute atomic E-state index is 9.82. The summed E-state index contributed by atoms with van der Waals surface area (Å²) in [5.41, 5.74) is 4.60. The third-order valence-corrected chi connectivity index (χ3v) is 4.51. The van der Waals surface area contributed by atoms with Gasteiger partial charge in [0.2, 0.25) is 0 Å². The van der Waals surface area contributed by atoms with Gasteiger partial charge in [-0.2, -0.15) is 5.10 Å². The minimum Gasteiger partial charge on any atom is -0.394 e. The molecule has 2 aromatic rings. The number of nitrogens with zero attached hydrogens (tertiary/aromatic N) is 2. The molecule has 1 heterocycles. The third-order valence-electron chi connectivity index (χ3n) is 4.51. The molecule has 2 rings (SSSR count). The van der Waals surface area contributed by atoms with E-state index in [1.165, 1.54) is 11.1 Å². The summed E-state index contributed by atoms with van der Waals surface area (Å²) in [7, 11) is 0. The first-order chi connectivity index (χ1) is 11.3. The van der Waals surface area contributed by atoms with E-state index < -0.39 is 0 Å². The highest BCUT2D eigenvalue weighted by atomic mass is 16.3. The molecule has 2 unspecified atom stereocenters. The van der Waals surface area contributed by atoms with E-state index in [0.29, 0.717) is 0 Å². The highest BCUT2D eigenvalue weighted by Gasteiger charge is 2.21. The Bertz CT molecular complexity index is 653. The maximum atomic E-state index is 9.82. The first-order valence-electron chi connectivity index (χ1n) is 8.78. The van der Waals surface area contributed by atoms with Crippen LogP contribution < -0.4 is 5.32 Å². The number of aliphatic hydroxyl groups is 1. The van der Waals surface area contributed by atoms with E-state index in [2.05, 4.69) is 75.5 Å². The Balaban J connectivity index is 2.17. The summed E-state index contributed by atoms with van der Waals surface area (Å²) >= 11 is 0. The molecule has 0 amide bonds. The van der Waals surface area contributed by atoms with Gasteiger partial charge in [0.15, 0.2) is 0 Å². The van der Waals surface area contributed by atoms with Crippen LogP contribution in [0.15, 0.2) is 30.5 Å². The van der Waals surface area contributed by atoms with Crippen molar-refractivity contribution in [3.05, 3.63) is 52.8 Å². The summed E-state index contributed by atoms with van der Waals surface area (Å²) in [5.74, 6) is 0. The van der Waals surface area contributed by atoms with Crippen molar-refractivity contribution < 1.29 is 5.11 Å². The zero-order valence-corrected chi connectivity index (χ0v) is 15.8. The number of benzene rings is 1. The number of rotatable bonds is 6. The van der Waals surface area contributed by atoms with Crippen molar-refractivity contribution in [2.24, 2.45) is 0 Å². The van der Waals surface area contributed by atoms with Crippen molar-refractivity contribution in [2.75, 3.05) is 6.61 Å². The quantitative estimate of drug-likeness (QED) is 0.845. The van der Waals surface area contributed by atoms with Gasteiger partial charge in [0.1, 0.15) is 0 Å². The van der Waals surface area contributed by atoms with Gasteiger partial charge in [0, 0.05) is 17.8 Å². The second-order valence-electron chi connectivity index (χ2n) is 7.50. The molecule has 2 atom stereocenters. The fraction of sp³-hybridized carbons (Fsp3) is 0.550. The molecular weight excluding hydrogens is 298 g/mol. The molecule has 0 spiro atoms. The van der Waals surface area contributed by atoms with Crippen molar-refractivity contribution in [3.8, 4) is 0 Å². The normalized spacial score (nSPS) is 14.6. The molecule has 4 nitrogen and oxygen atoms in total. The molecular formula is C20H31N3O. The second-order valence-corrected chi connectivity index (χ2v) is 7.50. The second kappa shape index (κ2) is 7.49. The predicted molar refractivity (Wildman–Crippen MR) is 99.2 cm³/mol. The van der Waals surface area contributed by atoms with Crippen molar-refractivity contribution >= 4 is 0 Å². The highest BCUT2D eigenvalue weighted by Crippen LogP contribution is 2.24. The van der Waals surface area contributed by atoms with Gasteiger partial charge in [0.05, 0.1) is 23.9 Å². The van der Waals surface area contributed by atoms with Crippen LogP contribution in [0.5, 0.6) is 0 Å². The SMILES string of the molecule is CCc1ccc(C(CO)NC(C)c2cn(C(C)(C)C)nc2C)cc1. The standard InChI is InChI=1S/C20H31N3O/c1-7-16-8-10-17(11-9-16)19(13-24)21-14(2)18-12-23(20(4,5)6)22-15(18)3/h8-12,14,19,21,24H,7,13H2,1-6H3. The average molecular weight is 329 g/mol. The maximum Gasteiger partial charge on any atom is 0.0641 e. The fourth-order valence-electron chi connectivity index (χ4n) is 2.87. The van der Waals surface area contributed by atoms with Crippen molar-refractivity contribution in [1.82, 2.24) is 15.1 Å². The van der Waals surface area contributed by atoms with E-state index in [1.807, 2.05) is 11.6 Å². The van der Waals surface area contributed by atoms with E-state index in [4.69, 9.17) is 0 Å². The highest BCUT2D eigenvalue weighted by molar-refractivity contribution is 5.26. The number of aryl methyl sites for hydroxylation is 2. The molecule has 4 heteroatoms. The summed E-state index contributed by atoms with van der Waals surface area (Å²) in [4.78, 5) is 0. The van der Waals surface area contributed by atoms with E-state index in [9.17, 15) is 5.11 Å². The van der Waals surface area contributed by atoms with E-state index in [1.54, 1.807) is 0 Å². The van der Waals surface area contributed by atoms with Crippen molar-refractivity contribution in [2.45, 2.75) is 65.6 Å². The number of hydrogen-bond acceptors (Lipinski definition) is 3. The Morgan fingerprint density at radius 3 is 2.29 bits per heavy atom. The topological polar surface area (TPSA) is 50.1 Å². The van der Waals surface area contributed by atoms with Crippen LogP contribution in [0.4, 0.5) is 0 Å². The van der Waals surface area contributed by atoms with Crippen LogP contribution in [0.25, 0.3) is 0 Å². The Kier molecular flexibility index (Phi) is 5.83. The fourth-order valence-corrected chi connectivity index (χ4v) is 2.87. The van der Waals surface area contributed by atoms with Crippen LogP contribution in [0.1, 0.15) is 69.1 Å². The van der Waals surface area contributed by atoms with E-state index in [-0.39, 0.29) is 24.2 Å². The third kappa shape index (κ3) is 4.25. The summed E-state index contributed by atoms with van der Waals surface area (Å²) in [6.07, 6.45) is 3.14. The molecule has 1 aromatic heterocycles. The Labute approximate surface area is 145 Å². The van der Waals surface area contributed by atoms with Gasteiger partial charge in [-0.15, -0.1) is 0 Å². The summed E-state index contributed by atoms with van der Waals surface area (Å²) in [6, 6.07) is 8.50. The largest absolute Gasteiger partial charge is 0.394 e. The number of nitrogens with one attached hydrogen (secondary N) is 1. The molecule has 0 aliphatic carbocycles. The summed E-state index contributed by atoms with van der Waals surface area (Å²) < 4.78 is 2.01. The van der Waals surface area contributed by atoms with Crippen LogP contribution >= 0.6 is 0 Å². The van der Waals surface area contributed by atoms with Gasteiger partial charge in [-0.05, 0) is 52.2 Å². The monoisotopic (exact) mass is 329 g/mol. The molecule has 1 aromatic carbocycles. The summed E-state index contributed by atoms with van der Waals surface area (Å²) in [6.45, 7) is 12.8. The number of aromatic nitrogens is 2. The summed E-state index contributed by atoms with van der Waals surface area (Å²) in [5, 5.41) is 18.0. The smallest absolute Gasteiger partial charge is 0.0641 e. The minimum atomic E-state index is -0.0803. The lowest BCUT2D eigenvalue weighted by Crippen LogP contribution is -2.27. The zero-order chi connectivity index (χ0) is 17.9. The van der Waals surface area contributed by atoms with Crippen LogP contribution in [0.3, 0.4) is 0 Å². The lowest BCUT2D eigenvalue weighted by Gasteiger charge is -2.22. The lowest BCUT2D eigenvalue weighted by molar-refractivity contribution is 0.235. The van der Waals surface area contributed by atoms with Gasteiger partial charge in [-0.3, -0.25) is 4.68 Å². The first kappa shape index (κ1) is 18.7. The molecule has 2 N–H and O–H groups in total. The lowest BCUT2D eigenvalue weighted by atomic mass is 10.0. The molecule has 0 aliphatic rings. The van der Waals surface area contributed by atoms with Gasteiger partial charge >= 0.3 is 0 Å². The first-order valence-corrected chi connectivity index (χ1v) is 8.78. The van der Waals surface area contributed by atoms with Crippen molar-refractivity contribution in [3.63, 3.8) is 0 Å². The molecule has 0 fully saturated rings. The predicted octanol–water partition coefficient (Wildman–Crippen LogP) is 3.89. The molecule has 0 saturated carbocycles. The van der Waals surface area contributed by atoms with Crippen LogP contribution in [0.2, 0.25) is 0 Å². The van der Waals surface area contributed by atoms with Gasteiger partial charge in [0.25, 0.3) is 0 Å².